The first-order valence-corrected chi connectivity index (χ1v) is 5.79. The summed E-state index contributed by atoms with van der Waals surface area (Å²) in [5.41, 5.74) is 0.391. The number of aliphatic hydroxyl groups is 2. The van der Waals surface area contributed by atoms with Gasteiger partial charge in [-0.15, -0.1) is 0 Å². The number of phenols is 1. The van der Waals surface area contributed by atoms with E-state index in [0.717, 1.165) is 0 Å². The molecule has 0 radical (unpaired) electrons. The number of phenolic OH excluding ortho intramolecular Hbond substituents is 1. The summed E-state index contributed by atoms with van der Waals surface area (Å²) in [6.45, 7) is 0. The third-order valence-corrected chi connectivity index (χ3v) is 3.00. The molecule has 2 aromatic rings. The van der Waals surface area contributed by atoms with Gasteiger partial charge in [0.2, 0.25) is 0 Å². The first kappa shape index (κ1) is 13.3. The van der Waals surface area contributed by atoms with Crippen molar-refractivity contribution in [3.05, 3.63) is 42.0 Å². The van der Waals surface area contributed by atoms with E-state index in [9.17, 15) is 20.1 Å². The zero-order chi connectivity index (χ0) is 14.0. The Hall–Kier alpha value is -2.11. The van der Waals surface area contributed by atoms with Gasteiger partial charge in [0.15, 0.2) is 0 Å². The van der Waals surface area contributed by atoms with Crippen LogP contribution in [0.4, 0.5) is 0 Å². The molecule has 0 saturated heterocycles. The van der Waals surface area contributed by atoms with E-state index >= 15 is 0 Å². The van der Waals surface area contributed by atoms with Gasteiger partial charge in [-0.25, -0.2) is 0 Å². The van der Waals surface area contributed by atoms with Gasteiger partial charge in [-0.3, -0.25) is 4.79 Å². The van der Waals surface area contributed by atoms with E-state index in [4.69, 9.17) is 5.11 Å². The summed E-state index contributed by atoms with van der Waals surface area (Å²) in [7, 11) is 0. The zero-order valence-electron chi connectivity index (χ0n) is 10.0. The summed E-state index contributed by atoms with van der Waals surface area (Å²) in [6, 6.07) is 9.75. The Morgan fingerprint density at radius 3 is 2.32 bits per heavy atom. The summed E-state index contributed by atoms with van der Waals surface area (Å²) in [6.07, 6.45) is -3.26. The van der Waals surface area contributed by atoms with Gasteiger partial charge in [0.25, 0.3) is 0 Å². The molecule has 5 nitrogen and oxygen atoms in total. The van der Waals surface area contributed by atoms with Crippen molar-refractivity contribution in [2.24, 2.45) is 0 Å². The molecule has 4 N–H and O–H groups in total. The van der Waals surface area contributed by atoms with Gasteiger partial charge >= 0.3 is 5.97 Å². The molecule has 0 saturated carbocycles. The van der Waals surface area contributed by atoms with Crippen molar-refractivity contribution in [3.63, 3.8) is 0 Å². The van der Waals surface area contributed by atoms with Gasteiger partial charge < -0.3 is 20.4 Å². The van der Waals surface area contributed by atoms with Crippen LogP contribution in [-0.4, -0.2) is 32.5 Å². The number of rotatable bonds is 4. The van der Waals surface area contributed by atoms with Crippen LogP contribution in [0.3, 0.4) is 0 Å². The summed E-state index contributed by atoms with van der Waals surface area (Å²) < 4.78 is 0. The van der Waals surface area contributed by atoms with Crippen LogP contribution in [0, 0.1) is 0 Å². The van der Waals surface area contributed by atoms with E-state index in [-0.39, 0.29) is 5.75 Å². The molecule has 2 unspecified atom stereocenters. The number of hydrogen-bond acceptors (Lipinski definition) is 4. The van der Waals surface area contributed by atoms with Crippen molar-refractivity contribution in [1.82, 2.24) is 0 Å². The Morgan fingerprint density at radius 1 is 1.05 bits per heavy atom. The molecule has 0 bridgehead atoms. The van der Waals surface area contributed by atoms with Crippen LogP contribution in [0.2, 0.25) is 0 Å². The van der Waals surface area contributed by atoms with Gasteiger partial charge in [0.05, 0.1) is 12.5 Å². The molecule has 2 atom stereocenters. The van der Waals surface area contributed by atoms with Crippen molar-refractivity contribution >= 4 is 16.7 Å². The number of carbonyl (C=O) groups is 1. The molecule has 2 rings (SSSR count). The van der Waals surface area contributed by atoms with Crippen LogP contribution in [0.1, 0.15) is 18.1 Å². The molecule has 0 aliphatic carbocycles. The Morgan fingerprint density at radius 2 is 1.68 bits per heavy atom. The van der Waals surface area contributed by atoms with Crippen molar-refractivity contribution in [2.75, 3.05) is 0 Å². The van der Waals surface area contributed by atoms with Crippen LogP contribution in [-0.2, 0) is 4.79 Å². The SMILES string of the molecule is O=C(O)CC(O)C(O)c1ccc(O)c2ccccc12. The molecule has 0 heterocycles. The number of carboxylic acid groups (broad SMARTS) is 1. The lowest BCUT2D eigenvalue weighted by Crippen LogP contribution is -2.21. The second kappa shape index (κ2) is 5.26. The first-order valence-electron chi connectivity index (χ1n) is 5.79. The third kappa shape index (κ3) is 2.67. The molecular formula is C14H14O5. The Bertz CT molecular complexity index is 608. The normalized spacial score (nSPS) is 14.2. The molecule has 19 heavy (non-hydrogen) atoms. The smallest absolute Gasteiger partial charge is 0.306 e. The fourth-order valence-corrected chi connectivity index (χ4v) is 2.06. The largest absolute Gasteiger partial charge is 0.507 e. The summed E-state index contributed by atoms with van der Waals surface area (Å²) >= 11 is 0. The van der Waals surface area contributed by atoms with Crippen LogP contribution in [0.15, 0.2) is 36.4 Å². The molecule has 100 valence electrons. The number of hydrogen-bond donors (Lipinski definition) is 4. The van der Waals surface area contributed by atoms with Gasteiger partial charge in [0.1, 0.15) is 11.9 Å². The molecule has 0 amide bonds. The average Bonchev–Trinajstić information content (AvgIpc) is 2.38. The van der Waals surface area contributed by atoms with E-state index in [2.05, 4.69) is 0 Å². The first-order chi connectivity index (χ1) is 9.00. The number of aromatic hydroxyl groups is 1. The van der Waals surface area contributed by atoms with Crippen LogP contribution in [0.5, 0.6) is 5.75 Å². The lowest BCUT2D eigenvalue weighted by Gasteiger charge is -2.18. The van der Waals surface area contributed by atoms with Gasteiger partial charge in [0, 0.05) is 5.39 Å². The molecule has 5 heteroatoms. The molecule has 0 aliphatic heterocycles. The predicted octanol–water partition coefficient (Wildman–Crippen LogP) is 1.41. The monoisotopic (exact) mass is 262 g/mol. The quantitative estimate of drug-likeness (QED) is 0.668. The lowest BCUT2D eigenvalue weighted by atomic mass is 9.95. The molecule has 2 aromatic carbocycles. The second-order valence-corrected chi connectivity index (χ2v) is 4.33. The minimum Gasteiger partial charge on any atom is -0.507 e. The third-order valence-electron chi connectivity index (χ3n) is 3.00. The number of aliphatic hydroxyl groups excluding tert-OH is 2. The Balaban J connectivity index is 2.45. The minimum atomic E-state index is -1.40. The minimum absolute atomic E-state index is 0.0688. The molecule has 0 aliphatic rings. The molecule has 0 aromatic heterocycles. The zero-order valence-corrected chi connectivity index (χ0v) is 10.0. The van der Waals surface area contributed by atoms with E-state index in [1.165, 1.54) is 12.1 Å². The number of benzene rings is 2. The van der Waals surface area contributed by atoms with Gasteiger partial charge in [-0.2, -0.15) is 0 Å². The van der Waals surface area contributed by atoms with E-state index in [0.29, 0.717) is 16.3 Å². The second-order valence-electron chi connectivity index (χ2n) is 4.33. The van der Waals surface area contributed by atoms with Crippen molar-refractivity contribution in [3.8, 4) is 5.75 Å². The fraction of sp³-hybridized carbons (Fsp3) is 0.214. The number of aliphatic carboxylic acids is 1. The van der Waals surface area contributed by atoms with E-state index in [1.807, 2.05) is 0 Å². The Labute approximate surface area is 109 Å². The topological polar surface area (TPSA) is 98.0 Å². The summed E-state index contributed by atoms with van der Waals surface area (Å²) in [5.74, 6) is -1.12. The maximum atomic E-state index is 10.6. The van der Waals surface area contributed by atoms with E-state index in [1.54, 1.807) is 24.3 Å². The number of fused-ring (bicyclic) bond motifs is 1. The van der Waals surface area contributed by atoms with Gasteiger partial charge in [-0.1, -0.05) is 30.3 Å². The molecule has 0 spiro atoms. The molecular weight excluding hydrogens is 248 g/mol. The Kier molecular flexibility index (Phi) is 3.69. The highest BCUT2D eigenvalue weighted by molar-refractivity contribution is 5.91. The maximum absolute atomic E-state index is 10.6. The van der Waals surface area contributed by atoms with Crippen LogP contribution < -0.4 is 0 Å². The van der Waals surface area contributed by atoms with E-state index < -0.39 is 24.6 Å². The van der Waals surface area contributed by atoms with Gasteiger partial charge in [-0.05, 0) is 17.0 Å². The van der Waals surface area contributed by atoms with Crippen molar-refractivity contribution in [2.45, 2.75) is 18.6 Å². The highest BCUT2D eigenvalue weighted by Gasteiger charge is 2.23. The van der Waals surface area contributed by atoms with Crippen molar-refractivity contribution in [1.29, 1.82) is 0 Å². The van der Waals surface area contributed by atoms with Crippen LogP contribution >= 0.6 is 0 Å². The lowest BCUT2D eigenvalue weighted by molar-refractivity contribution is -0.141. The highest BCUT2D eigenvalue weighted by Crippen LogP contribution is 2.32. The standard InChI is InChI=1S/C14H14O5/c15-11-6-5-10(8-3-1-2-4-9(8)11)14(19)12(16)7-13(17)18/h1-6,12,14-16,19H,7H2,(H,17,18). The van der Waals surface area contributed by atoms with Crippen molar-refractivity contribution < 1.29 is 25.2 Å². The number of carboxylic acids is 1. The van der Waals surface area contributed by atoms with Crippen LogP contribution in [0.25, 0.3) is 10.8 Å². The maximum Gasteiger partial charge on any atom is 0.306 e. The fourth-order valence-electron chi connectivity index (χ4n) is 2.06. The summed E-state index contributed by atoms with van der Waals surface area (Å²) in [4.78, 5) is 10.6. The highest BCUT2D eigenvalue weighted by atomic mass is 16.4. The summed E-state index contributed by atoms with van der Waals surface area (Å²) in [5, 5.41) is 39.2. The molecule has 0 fully saturated rings. The average molecular weight is 262 g/mol. The predicted molar refractivity (Wildman–Crippen MR) is 68.8 cm³/mol.